The number of rotatable bonds is 11. The van der Waals surface area contributed by atoms with Gasteiger partial charge in [0.1, 0.15) is 28.8 Å². The molecular formula is C28H23N9O8. The number of primary amides is 1. The minimum absolute atomic E-state index is 0.0206. The molecule has 0 bridgehead atoms. The van der Waals surface area contributed by atoms with Gasteiger partial charge in [0.25, 0.3) is 28.4 Å². The van der Waals surface area contributed by atoms with Crippen molar-refractivity contribution in [2.75, 3.05) is 11.1 Å². The zero-order valence-electron chi connectivity index (χ0n) is 23.0. The number of H-pyrrole nitrogens is 1. The second-order valence-electron chi connectivity index (χ2n) is 9.73. The Bertz CT molecular complexity index is 2130. The minimum Gasteiger partial charge on any atom is -0.478 e. The number of carboxylic acid groups (broad SMARTS) is 1. The topological polar surface area (TPSA) is 274 Å². The van der Waals surface area contributed by atoms with Gasteiger partial charge in [-0.2, -0.15) is 0 Å². The van der Waals surface area contributed by atoms with E-state index in [4.69, 9.17) is 16.6 Å². The molecule has 5 aromatic rings. The zero-order valence-corrected chi connectivity index (χ0v) is 23.0. The molecule has 0 radical (unpaired) electrons. The Morgan fingerprint density at radius 1 is 0.933 bits per heavy atom. The Morgan fingerprint density at radius 3 is 2.27 bits per heavy atom. The number of nitrogens with one attached hydrogen (secondary N) is 4. The molecule has 0 aliphatic heterocycles. The molecule has 0 fully saturated rings. The molecular weight excluding hydrogens is 590 g/mol. The Morgan fingerprint density at radius 2 is 1.62 bits per heavy atom. The van der Waals surface area contributed by atoms with E-state index in [2.05, 4.69) is 31.1 Å². The second-order valence-corrected chi connectivity index (χ2v) is 9.73. The lowest BCUT2D eigenvalue weighted by atomic mass is 10.0. The van der Waals surface area contributed by atoms with Crippen LogP contribution >= 0.6 is 0 Å². The number of anilines is 2. The van der Waals surface area contributed by atoms with E-state index >= 15 is 0 Å². The Balaban J connectivity index is 1.33. The van der Waals surface area contributed by atoms with Crippen molar-refractivity contribution in [3.05, 3.63) is 119 Å². The third kappa shape index (κ3) is 5.98. The summed E-state index contributed by atoms with van der Waals surface area (Å²) >= 11 is 0. The highest BCUT2D eigenvalue weighted by Gasteiger charge is 2.25. The van der Waals surface area contributed by atoms with Crippen LogP contribution in [0.4, 0.5) is 11.4 Å². The first-order valence-electron chi connectivity index (χ1n) is 13.0. The second kappa shape index (κ2) is 11.9. The van der Waals surface area contributed by atoms with Gasteiger partial charge in [-0.3, -0.25) is 24.0 Å². The lowest BCUT2D eigenvalue weighted by Gasteiger charge is -2.17. The summed E-state index contributed by atoms with van der Waals surface area (Å²) in [6, 6.07) is 11.6. The van der Waals surface area contributed by atoms with E-state index in [0.717, 1.165) is 16.0 Å². The number of aromatic carboxylic acids is 1. The van der Waals surface area contributed by atoms with Crippen LogP contribution in [0, 0.1) is 0 Å². The first-order chi connectivity index (χ1) is 21.4. The fourth-order valence-electron chi connectivity index (χ4n) is 4.44. The SMILES string of the molecule is NC(=O)[C@H](NC(=O)c1cc(C(=O)NCc2cccc(CNc3c(N)c(=O)c3=O)c2)nc2n[nH]c(=O)n12)c1ccc(C(=O)O)cc1. The number of nitrogen functional groups attached to an aromatic ring is 1. The monoisotopic (exact) mass is 613 g/mol. The van der Waals surface area contributed by atoms with Crippen molar-refractivity contribution in [3.63, 3.8) is 0 Å². The zero-order chi connectivity index (χ0) is 32.4. The number of fused-ring (bicyclic) bond motifs is 1. The highest BCUT2D eigenvalue weighted by Crippen LogP contribution is 2.16. The predicted molar refractivity (Wildman–Crippen MR) is 157 cm³/mol. The van der Waals surface area contributed by atoms with Crippen LogP contribution in [0.1, 0.15) is 54.1 Å². The van der Waals surface area contributed by atoms with Gasteiger partial charge in [0.15, 0.2) is 0 Å². The van der Waals surface area contributed by atoms with Crippen LogP contribution in [-0.2, 0) is 17.9 Å². The number of nitrogens with zero attached hydrogens (tertiary/aromatic N) is 3. The molecule has 0 saturated heterocycles. The van der Waals surface area contributed by atoms with E-state index < -0.39 is 46.3 Å². The van der Waals surface area contributed by atoms with Crippen LogP contribution in [-0.4, -0.2) is 48.4 Å². The summed E-state index contributed by atoms with van der Waals surface area (Å²) in [6.07, 6.45) is 0. The Kier molecular flexibility index (Phi) is 7.90. The molecule has 228 valence electrons. The van der Waals surface area contributed by atoms with Gasteiger partial charge in [0, 0.05) is 13.1 Å². The molecule has 45 heavy (non-hydrogen) atoms. The number of aromatic nitrogens is 4. The van der Waals surface area contributed by atoms with E-state index in [9.17, 15) is 33.6 Å². The van der Waals surface area contributed by atoms with Gasteiger partial charge in [-0.05, 0) is 34.9 Å². The molecule has 9 N–H and O–H groups in total. The quantitative estimate of drug-likeness (QED) is 0.0865. The molecule has 0 unspecified atom stereocenters. The van der Waals surface area contributed by atoms with E-state index in [1.807, 2.05) is 0 Å². The smallest absolute Gasteiger partial charge is 0.349 e. The third-order valence-electron chi connectivity index (χ3n) is 6.77. The van der Waals surface area contributed by atoms with Gasteiger partial charge >= 0.3 is 11.7 Å². The van der Waals surface area contributed by atoms with Crippen LogP contribution in [0.3, 0.4) is 0 Å². The van der Waals surface area contributed by atoms with Crippen molar-refractivity contribution < 1.29 is 24.3 Å². The molecule has 1 atom stereocenters. The van der Waals surface area contributed by atoms with Crippen molar-refractivity contribution in [1.29, 1.82) is 0 Å². The molecule has 0 aliphatic carbocycles. The van der Waals surface area contributed by atoms with E-state index in [1.165, 1.54) is 24.3 Å². The fraction of sp³-hybridized carbons (Fsp3) is 0.107. The summed E-state index contributed by atoms with van der Waals surface area (Å²) in [6.45, 7) is 0.213. The van der Waals surface area contributed by atoms with Crippen molar-refractivity contribution in [2.24, 2.45) is 5.73 Å². The van der Waals surface area contributed by atoms with Gasteiger partial charge in [0.2, 0.25) is 5.91 Å². The third-order valence-corrected chi connectivity index (χ3v) is 6.77. The number of nitrogens with two attached hydrogens (primary N) is 2. The van der Waals surface area contributed by atoms with Gasteiger partial charge in [0.05, 0.1) is 5.56 Å². The highest BCUT2D eigenvalue weighted by molar-refractivity contribution is 6.00. The lowest BCUT2D eigenvalue weighted by Crippen LogP contribution is -2.39. The largest absolute Gasteiger partial charge is 0.478 e. The number of amides is 3. The number of benzene rings is 2. The molecule has 0 spiro atoms. The Hall–Kier alpha value is -6.65. The van der Waals surface area contributed by atoms with Gasteiger partial charge < -0.3 is 32.5 Å². The fourth-order valence-corrected chi connectivity index (χ4v) is 4.44. The first-order valence-corrected chi connectivity index (χ1v) is 13.0. The number of carboxylic acids is 1. The predicted octanol–water partition coefficient (Wildman–Crippen LogP) is -1.21. The van der Waals surface area contributed by atoms with Crippen LogP contribution in [0.15, 0.2) is 69.0 Å². The van der Waals surface area contributed by atoms with Crippen LogP contribution in [0.25, 0.3) is 5.78 Å². The molecule has 0 saturated carbocycles. The van der Waals surface area contributed by atoms with Crippen LogP contribution < -0.4 is 44.0 Å². The van der Waals surface area contributed by atoms with Crippen molar-refractivity contribution >= 4 is 40.8 Å². The van der Waals surface area contributed by atoms with Crippen LogP contribution in [0.5, 0.6) is 0 Å². The minimum atomic E-state index is -1.42. The van der Waals surface area contributed by atoms with E-state index in [1.54, 1.807) is 24.3 Å². The number of hydrogen-bond donors (Lipinski definition) is 7. The molecule has 3 aromatic carbocycles. The molecule has 5 rings (SSSR count). The van der Waals surface area contributed by atoms with Gasteiger partial charge in [-0.25, -0.2) is 24.1 Å². The number of aromatic amines is 1. The summed E-state index contributed by atoms with van der Waals surface area (Å²) in [5, 5.41) is 22.9. The molecule has 2 heterocycles. The van der Waals surface area contributed by atoms with E-state index in [0.29, 0.717) is 5.56 Å². The summed E-state index contributed by atoms with van der Waals surface area (Å²) in [5.74, 6) is -4.17. The van der Waals surface area contributed by atoms with Gasteiger partial charge in [-0.15, -0.1) is 5.10 Å². The van der Waals surface area contributed by atoms with Crippen molar-refractivity contribution in [1.82, 2.24) is 30.2 Å². The highest BCUT2D eigenvalue weighted by atomic mass is 16.4. The summed E-state index contributed by atoms with van der Waals surface area (Å²) in [5.41, 5.74) is 9.53. The molecule has 17 nitrogen and oxygen atoms in total. The standard InChI is InChI=1S/C28H23N9O8/c29-18-20(22(39)21(18)38)31-10-12-2-1-3-13(8-12)11-32-24(41)16-9-17(37-27(33-16)35-36-28(37)45)25(42)34-19(23(30)40)14-4-6-15(7-5-14)26(43)44/h1-9,19,31H,10-11,29H2,(H2,30,40)(H,32,41)(H,34,42)(H,36,45)(H,43,44)/t19-/m1/s1. The number of carbonyl (C=O) groups excluding carboxylic acids is 3. The Labute approximate surface area is 250 Å². The average molecular weight is 614 g/mol. The molecule has 2 aromatic heterocycles. The summed E-state index contributed by atoms with van der Waals surface area (Å²) in [4.78, 5) is 89.1. The maximum atomic E-state index is 13.3. The maximum absolute atomic E-state index is 13.3. The maximum Gasteiger partial charge on any atom is 0.349 e. The number of carbonyl (C=O) groups is 4. The van der Waals surface area contributed by atoms with Gasteiger partial charge in [-0.1, -0.05) is 36.4 Å². The number of hydrogen-bond acceptors (Lipinski definition) is 11. The first kappa shape index (κ1) is 29.8. The average Bonchev–Trinajstić information content (AvgIpc) is 3.42. The summed E-state index contributed by atoms with van der Waals surface area (Å²) < 4.78 is 0.802. The van der Waals surface area contributed by atoms with E-state index in [-0.39, 0.29) is 52.8 Å². The molecule has 3 amide bonds. The van der Waals surface area contributed by atoms with Crippen molar-refractivity contribution in [2.45, 2.75) is 19.1 Å². The van der Waals surface area contributed by atoms with Crippen molar-refractivity contribution in [3.8, 4) is 0 Å². The summed E-state index contributed by atoms with van der Waals surface area (Å²) in [7, 11) is 0. The lowest BCUT2D eigenvalue weighted by molar-refractivity contribution is -0.120. The van der Waals surface area contributed by atoms with Crippen LogP contribution in [0.2, 0.25) is 0 Å². The molecule has 17 heteroatoms. The normalized spacial score (nSPS) is 11.6. The molecule has 0 aliphatic rings.